The fraction of sp³-hybridized carbons (Fsp3) is 0.526. The molecular weight excluding hydrogens is 2040 g/mol. The molecule has 5 aliphatic rings. The van der Waals surface area contributed by atoms with Gasteiger partial charge in [0, 0.05) is 109 Å². The van der Waals surface area contributed by atoms with Crippen molar-refractivity contribution in [3.8, 4) is 12.3 Å². The summed E-state index contributed by atoms with van der Waals surface area (Å²) in [6.07, 6.45) is 2.45. The number of rotatable bonds is 27. The fourth-order valence-corrected chi connectivity index (χ4v) is 21.0. The second-order valence-corrected chi connectivity index (χ2v) is 50.3. The van der Waals surface area contributed by atoms with Gasteiger partial charge in [0.1, 0.15) is 70.2 Å². The van der Waals surface area contributed by atoms with Crippen LogP contribution in [0.4, 0.5) is 65.9 Å². The number of hydrogen-bond donors (Lipinski definition) is 5. The van der Waals surface area contributed by atoms with E-state index in [0.29, 0.717) is 74.8 Å². The average molecular weight is 2170 g/mol. The number of aliphatic imine (C=N–C) groups is 1. The van der Waals surface area contributed by atoms with Crippen LogP contribution in [0.5, 0.6) is 0 Å². The highest BCUT2D eigenvalue weighted by Crippen LogP contribution is 2.46. The van der Waals surface area contributed by atoms with Crippen LogP contribution in [0.1, 0.15) is 264 Å². The highest BCUT2D eigenvalue weighted by atomic mass is 32.2. The maximum Gasteiger partial charge on any atom is 0.416 e. The number of halogens is 15. The van der Waals surface area contributed by atoms with E-state index in [1.807, 2.05) is 31.9 Å². The zero-order valence-corrected chi connectivity index (χ0v) is 87.6. The number of benzene rings is 3. The summed E-state index contributed by atoms with van der Waals surface area (Å²) in [6, 6.07) is 25.4. The van der Waals surface area contributed by atoms with Crippen molar-refractivity contribution in [2.45, 2.75) is 283 Å². The largest absolute Gasteiger partial charge is 0.461 e. The van der Waals surface area contributed by atoms with Gasteiger partial charge < -0.3 is 33.2 Å². The Labute approximate surface area is 842 Å². The molecule has 810 valence electrons. The Bertz CT molecular complexity index is 6420. The van der Waals surface area contributed by atoms with Gasteiger partial charge >= 0.3 is 18.1 Å². The lowest BCUT2D eigenvalue weighted by atomic mass is 9.92. The molecule has 147 heavy (non-hydrogen) atoms. The Morgan fingerprint density at radius 2 is 1.03 bits per heavy atom. The fourth-order valence-electron chi connectivity index (χ4n) is 14.7. The summed E-state index contributed by atoms with van der Waals surface area (Å²) in [7, 11) is -12.6. The van der Waals surface area contributed by atoms with E-state index >= 15 is 0 Å². The number of carbonyl (C=O) groups excluding carboxylic acids is 5. The van der Waals surface area contributed by atoms with E-state index in [1.54, 1.807) is 64.1 Å². The molecule has 4 saturated heterocycles. The van der Waals surface area contributed by atoms with Crippen LogP contribution in [-0.4, -0.2) is 209 Å². The summed E-state index contributed by atoms with van der Waals surface area (Å²) in [6.45, 7) is 28.9. The lowest BCUT2D eigenvalue weighted by molar-refractivity contribution is -0.137. The first-order valence-corrected chi connectivity index (χ1v) is 54.4. The molecule has 11 heterocycles. The predicted molar refractivity (Wildman–Crippen MR) is 513 cm³/mol. The maximum absolute atomic E-state index is 14.1. The van der Waals surface area contributed by atoms with E-state index in [0.717, 1.165) is 101 Å². The van der Waals surface area contributed by atoms with Gasteiger partial charge in [-0.15, -0.1) is 6.42 Å². The quantitative estimate of drug-likeness (QED) is 0.00466. The second kappa shape index (κ2) is 50.8. The number of alkyl halides is 15. The number of ketones is 2. The number of esters is 2. The molecule has 9 aromatic rings. The molecule has 5 aliphatic heterocycles. The number of carbonyl (C=O) groups is 5. The molecule has 0 bridgehead atoms. The highest BCUT2D eigenvalue weighted by molar-refractivity contribution is 7.93. The normalized spacial score (nSPS) is 20.0. The van der Waals surface area contributed by atoms with Crippen LogP contribution in [0.15, 0.2) is 141 Å². The third kappa shape index (κ3) is 35.4. The molecule has 3 aromatic carbocycles. The predicted octanol–water partition coefficient (Wildman–Crippen LogP) is 20.7. The number of terminal acetylenes is 1. The number of hydrogen-bond acceptors (Lipinski definition) is 25. The van der Waals surface area contributed by atoms with E-state index in [2.05, 4.69) is 98.8 Å². The van der Waals surface area contributed by atoms with Crippen molar-refractivity contribution in [1.29, 1.82) is 0 Å². The Balaban J connectivity index is 0.000000238. The van der Waals surface area contributed by atoms with Gasteiger partial charge in [-0.2, -0.15) is 96.4 Å². The lowest BCUT2D eigenvalue weighted by Gasteiger charge is -2.38. The standard InChI is InChI=1S/C24H36F2N2O4SSi.C19H23F2NO3S.C17H17F5N2O3S.C11H16F2N2O.C8H10F2N2O2.C8H10N2O3.C6H6F2N2O.C4H4O/c1-18-8-7-9-19(14-18)33(29,30)23(2)10-11-32-21(16-23)20-15-22(24(3,25)26)27-28(20)17-31-12-13-34(4,5)6;1-13-5-4-6-15(9-13)26(23,24)18(2)7-8-25-16(11-18)14-10-17(22-12-14)19(3,20)21;1-16(18,19)15-9-13(23-24-15)14-8-12(5-6-27-14)28(25,26)11-4-2-3-10(7-11)17(20,21)22;1-7-3-4-16-9(5-7)8-6-10(15-14-8)11(2,12)13;1-3-14-7(13)5-4-6(12-11-5)8(2,9)10;1-3-13-8(12)7-4-6(5(2)11)9-10-7;1-6(7,8)5-2-4(3-11)9-10-5;1-3-4(2)5/h7-9,14-15,21H,10-13,16-17H2,1-6H3;4-6,9-10,16H,7-8,11-12H2,1-3H3;2-4,7,9,12,14H,5-6,8H2,1H3,(H,23,24);6-7,9H,3-5H2,1-2H3,(H,14,15);4H,3H2,1-2H3,(H,11,12);4H,3H2,1-2H3,(H,9,10);2-3H,1H3,(H,9,10);1H,2H3. The van der Waals surface area contributed by atoms with Crippen LogP contribution < -0.4 is 0 Å². The third-order valence-electron chi connectivity index (χ3n) is 23.3. The molecule has 4 fully saturated rings. The van der Waals surface area contributed by atoms with Gasteiger partial charge in [-0.05, 0) is 200 Å². The molecule has 0 amide bonds. The number of nitrogens with one attached hydrogen (secondary N) is 5. The van der Waals surface area contributed by atoms with Gasteiger partial charge in [0.25, 0.3) is 35.5 Å². The van der Waals surface area contributed by atoms with Gasteiger partial charge in [0.15, 0.2) is 47.3 Å². The Morgan fingerprint density at radius 1 is 0.551 bits per heavy atom. The minimum atomic E-state index is -4.67. The minimum absolute atomic E-state index is 0.0110. The number of sulfone groups is 3. The number of ether oxygens (including phenoxy) is 7. The summed E-state index contributed by atoms with van der Waals surface area (Å²) in [4.78, 5) is 56.5. The van der Waals surface area contributed by atoms with E-state index in [1.165, 1.54) is 42.8 Å². The summed E-state index contributed by atoms with van der Waals surface area (Å²) in [5, 5.41) is 32.3. The van der Waals surface area contributed by atoms with Crippen LogP contribution >= 0.6 is 0 Å². The molecule has 0 aliphatic carbocycles. The first-order valence-electron chi connectivity index (χ1n) is 46.2. The van der Waals surface area contributed by atoms with Gasteiger partial charge in [0.05, 0.1) is 84.0 Å². The van der Waals surface area contributed by atoms with E-state index in [-0.39, 0.29) is 144 Å². The first kappa shape index (κ1) is 123. The zero-order chi connectivity index (χ0) is 110. The van der Waals surface area contributed by atoms with Crippen LogP contribution in [0.3, 0.4) is 0 Å². The number of allylic oxidation sites excluding steroid dienone is 1. The number of Topliss-reactive ketones (excluding diaryl/α,β-unsaturated/α-hetero) is 2. The molecule has 0 saturated carbocycles. The third-order valence-corrected chi connectivity index (χ3v) is 32.3. The molecule has 6 aromatic heterocycles. The minimum Gasteiger partial charge on any atom is -0.461 e. The van der Waals surface area contributed by atoms with Crippen LogP contribution in [0, 0.1) is 32.1 Å². The number of nitrogens with zero attached hydrogens (tertiary/aromatic N) is 8. The number of H-pyrrole nitrogens is 5. The summed E-state index contributed by atoms with van der Waals surface area (Å²) in [5.41, 5.74) is 0.722. The van der Waals surface area contributed by atoms with Crippen LogP contribution in [0.25, 0.3) is 0 Å². The molecule has 8 unspecified atom stereocenters. The molecule has 50 heteroatoms. The number of aldehydes is 1. The van der Waals surface area contributed by atoms with Crippen molar-refractivity contribution < 1.29 is 148 Å². The van der Waals surface area contributed by atoms with Crippen LogP contribution in [0.2, 0.25) is 25.7 Å². The molecule has 0 spiro atoms. The number of aryl methyl sites for hydroxylation is 2. The lowest BCUT2D eigenvalue weighted by Crippen LogP contribution is -2.45. The monoisotopic (exact) mass is 2170 g/mol. The molecular formula is C97H122F15N13O18S3Si. The SMILES string of the molecule is C#CC(C)=O.CC(F)(F)c1cc(C2CC(S(=O)(=O)c3cccc(C(F)(F)F)c3)CCO2)[nH]n1.CC(F)(F)c1cc(C=O)n[nH]1.CC1CCOC(c2cc(C(C)(F)F)n[nH]2)C1.CCOC(=O)c1cc(C(C)(F)F)[nH]n1.CCOC(=O)c1cc(C(C)=O)n[nH]1.Cc1cccc(S(=O)(=O)C2(C)CCOC(C3=CC(C(C)(F)F)=NC3)C2)c1.Cc1cccc(S(=O)(=O)C2(C)CCOC(c3cc(C(C)(F)F)nn3COCC[Si](C)(C)C)C2)c1. The van der Waals surface area contributed by atoms with Gasteiger partial charge in [0.2, 0.25) is 5.78 Å². The van der Waals surface area contributed by atoms with Crippen molar-refractivity contribution in [2.24, 2.45) is 10.9 Å². The first-order chi connectivity index (χ1) is 67.9. The van der Waals surface area contributed by atoms with Crippen molar-refractivity contribution >= 4 is 73.1 Å². The average Bonchev–Trinajstić information content (AvgIpc) is 1.73. The van der Waals surface area contributed by atoms with Gasteiger partial charge in [-0.3, -0.25) is 44.9 Å². The summed E-state index contributed by atoms with van der Waals surface area (Å²) in [5.74, 6) is -17.4. The van der Waals surface area contributed by atoms with Crippen molar-refractivity contribution in [1.82, 2.24) is 60.8 Å². The Kier molecular flexibility index (Phi) is 42.3. The van der Waals surface area contributed by atoms with Gasteiger partial charge in [-0.1, -0.05) is 56.9 Å². The molecule has 8 atom stereocenters. The van der Waals surface area contributed by atoms with Crippen molar-refractivity contribution in [2.75, 3.05) is 52.8 Å². The van der Waals surface area contributed by atoms with Crippen molar-refractivity contribution in [3.05, 3.63) is 206 Å². The summed E-state index contributed by atoms with van der Waals surface area (Å²) >= 11 is 0. The number of aromatic nitrogens is 12. The van der Waals surface area contributed by atoms with E-state index in [9.17, 15) is 115 Å². The molecule has 0 radical (unpaired) electrons. The van der Waals surface area contributed by atoms with Gasteiger partial charge in [-0.25, -0.2) is 39.5 Å². The van der Waals surface area contributed by atoms with Crippen LogP contribution in [-0.2, 0) is 110 Å². The molecule has 14 rings (SSSR count). The van der Waals surface area contributed by atoms with E-state index in [4.69, 9.17) is 28.4 Å². The summed E-state index contributed by atoms with van der Waals surface area (Å²) < 4.78 is 313. The Hall–Kier alpha value is -11.3. The van der Waals surface area contributed by atoms with Crippen molar-refractivity contribution in [3.63, 3.8) is 0 Å². The number of aromatic amines is 5. The topological polar surface area (TPSA) is 426 Å². The molecule has 5 N–H and O–H groups in total. The Morgan fingerprint density at radius 3 is 1.46 bits per heavy atom. The second-order valence-electron chi connectivity index (χ2n) is 37.6. The van der Waals surface area contributed by atoms with E-state index < -0.39 is 146 Å². The smallest absolute Gasteiger partial charge is 0.416 e. The highest BCUT2D eigenvalue weighted by Gasteiger charge is 2.50. The molecule has 31 nitrogen and oxygen atoms in total. The maximum atomic E-state index is 14.1. The zero-order valence-electron chi connectivity index (χ0n) is 84.1.